The van der Waals surface area contributed by atoms with Gasteiger partial charge >= 0.3 is 5.97 Å². The van der Waals surface area contributed by atoms with Gasteiger partial charge in [0.05, 0.1) is 12.0 Å². The second kappa shape index (κ2) is 7.45. The molecule has 0 spiro atoms. The fraction of sp³-hybridized carbons (Fsp3) is 0.833. The summed E-state index contributed by atoms with van der Waals surface area (Å²) >= 11 is 0. The van der Waals surface area contributed by atoms with Crippen LogP contribution in [0.4, 0.5) is 0 Å². The number of carbonyl (C=O) groups is 1. The molecule has 1 aliphatic heterocycles. The molecule has 5 rings (SSSR count). The van der Waals surface area contributed by atoms with Gasteiger partial charge in [0, 0.05) is 5.92 Å². The van der Waals surface area contributed by atoms with Gasteiger partial charge in [0.15, 0.2) is 0 Å². The van der Waals surface area contributed by atoms with Crippen LogP contribution in [0.25, 0.3) is 0 Å². The molecule has 4 fully saturated rings. The summed E-state index contributed by atoms with van der Waals surface area (Å²) in [6, 6.07) is 0. The smallest absolute Gasteiger partial charge is 0.309 e. The standard InChI is InChI=1S/C30H46O3/c1-18(2)9-8-10-19-25-22(33-26(19)32)17-30(7)21-11-12-23-27(3,4)24(31)14-15-28(23,5)20(21)13-16-29(25,30)6/h9,11,19-20,22-25,31H,8,10,12-17H2,1-7H3/t19-,20-,22-,23+,24+,25-,28+,29-,30+/m0/s1. The van der Waals surface area contributed by atoms with E-state index in [1.54, 1.807) is 5.57 Å². The van der Waals surface area contributed by atoms with Crippen molar-refractivity contribution in [3.8, 4) is 0 Å². The number of esters is 1. The fourth-order valence-corrected chi connectivity index (χ4v) is 9.83. The number of aliphatic hydroxyl groups is 1. The highest BCUT2D eigenvalue weighted by Crippen LogP contribution is 2.74. The Bertz CT molecular complexity index is 894. The van der Waals surface area contributed by atoms with E-state index in [-0.39, 0.29) is 45.8 Å². The first-order valence-corrected chi connectivity index (χ1v) is 13.6. The van der Waals surface area contributed by atoms with Gasteiger partial charge in [-0.2, -0.15) is 0 Å². The highest BCUT2D eigenvalue weighted by atomic mass is 16.6. The number of rotatable bonds is 3. The zero-order valence-corrected chi connectivity index (χ0v) is 22.0. The van der Waals surface area contributed by atoms with E-state index < -0.39 is 0 Å². The second-order valence-corrected chi connectivity index (χ2v) is 13.8. The summed E-state index contributed by atoms with van der Waals surface area (Å²) < 4.78 is 6.12. The predicted octanol–water partition coefficient (Wildman–Crippen LogP) is 6.85. The van der Waals surface area contributed by atoms with Crippen LogP contribution in [-0.2, 0) is 9.53 Å². The molecule has 1 N–H and O–H groups in total. The summed E-state index contributed by atoms with van der Waals surface area (Å²) in [6.07, 6.45) is 13.2. The van der Waals surface area contributed by atoms with Gasteiger partial charge in [-0.3, -0.25) is 4.79 Å². The van der Waals surface area contributed by atoms with E-state index in [0.29, 0.717) is 17.8 Å². The maximum absolute atomic E-state index is 12.9. The van der Waals surface area contributed by atoms with E-state index in [2.05, 4.69) is 60.6 Å². The quantitative estimate of drug-likeness (QED) is 0.375. The van der Waals surface area contributed by atoms with Crippen LogP contribution >= 0.6 is 0 Å². The summed E-state index contributed by atoms with van der Waals surface area (Å²) in [6.45, 7) is 16.4. The molecule has 3 saturated carbocycles. The first kappa shape index (κ1) is 23.6. The number of hydrogen-bond acceptors (Lipinski definition) is 3. The van der Waals surface area contributed by atoms with Crippen LogP contribution < -0.4 is 0 Å². The van der Waals surface area contributed by atoms with Crippen molar-refractivity contribution in [2.45, 2.75) is 112 Å². The lowest BCUT2D eigenvalue weighted by Crippen LogP contribution is -2.58. The fourth-order valence-electron chi connectivity index (χ4n) is 9.83. The Hall–Kier alpha value is -1.09. The summed E-state index contributed by atoms with van der Waals surface area (Å²) in [4.78, 5) is 12.9. The van der Waals surface area contributed by atoms with Crippen molar-refractivity contribution in [1.29, 1.82) is 0 Å². The highest BCUT2D eigenvalue weighted by Gasteiger charge is 2.70. The van der Waals surface area contributed by atoms with E-state index >= 15 is 0 Å². The molecule has 4 aliphatic carbocycles. The largest absolute Gasteiger partial charge is 0.462 e. The normalized spacial score (nSPS) is 49.8. The molecule has 0 aromatic rings. The molecule has 5 aliphatic rings. The molecule has 0 radical (unpaired) electrons. The average Bonchev–Trinajstić information content (AvgIpc) is 3.14. The van der Waals surface area contributed by atoms with Gasteiger partial charge < -0.3 is 9.84 Å². The lowest BCUT2D eigenvalue weighted by molar-refractivity contribution is -0.147. The van der Waals surface area contributed by atoms with E-state index in [1.165, 1.54) is 18.4 Å². The average molecular weight is 455 g/mol. The minimum absolute atomic E-state index is 0.0333. The van der Waals surface area contributed by atoms with E-state index in [9.17, 15) is 9.90 Å². The maximum Gasteiger partial charge on any atom is 0.309 e. The molecule has 0 unspecified atom stereocenters. The number of carbonyl (C=O) groups excluding carboxylic acids is 1. The van der Waals surface area contributed by atoms with Gasteiger partial charge in [-0.25, -0.2) is 0 Å². The molecule has 0 aromatic heterocycles. The van der Waals surface area contributed by atoms with Crippen LogP contribution in [0.1, 0.15) is 99.8 Å². The Balaban J connectivity index is 1.49. The highest BCUT2D eigenvalue weighted by molar-refractivity contribution is 5.76. The van der Waals surface area contributed by atoms with E-state index in [1.807, 2.05) is 0 Å². The third kappa shape index (κ3) is 3.06. The van der Waals surface area contributed by atoms with Crippen LogP contribution in [-0.4, -0.2) is 23.3 Å². The van der Waals surface area contributed by atoms with Crippen LogP contribution in [0.15, 0.2) is 23.3 Å². The van der Waals surface area contributed by atoms with Gasteiger partial charge in [0.25, 0.3) is 0 Å². The molecular formula is C30H46O3. The van der Waals surface area contributed by atoms with E-state index in [4.69, 9.17) is 4.74 Å². The van der Waals surface area contributed by atoms with Crippen LogP contribution in [0.5, 0.6) is 0 Å². The molecule has 33 heavy (non-hydrogen) atoms. The Morgan fingerprint density at radius 3 is 2.58 bits per heavy atom. The Morgan fingerprint density at radius 2 is 1.88 bits per heavy atom. The number of fused-ring (bicyclic) bond motifs is 7. The zero-order chi connectivity index (χ0) is 24.0. The third-order valence-electron chi connectivity index (χ3n) is 11.9. The van der Waals surface area contributed by atoms with Crippen molar-refractivity contribution in [1.82, 2.24) is 0 Å². The first-order valence-electron chi connectivity index (χ1n) is 13.6. The molecule has 3 nitrogen and oxygen atoms in total. The Kier molecular flexibility index (Phi) is 5.34. The molecule has 0 amide bonds. The van der Waals surface area contributed by atoms with Crippen molar-refractivity contribution in [2.24, 2.45) is 45.3 Å². The van der Waals surface area contributed by atoms with Gasteiger partial charge in [-0.15, -0.1) is 0 Å². The topological polar surface area (TPSA) is 46.5 Å². The van der Waals surface area contributed by atoms with Crippen molar-refractivity contribution in [3.63, 3.8) is 0 Å². The van der Waals surface area contributed by atoms with Gasteiger partial charge in [0.1, 0.15) is 6.10 Å². The van der Waals surface area contributed by atoms with E-state index in [0.717, 1.165) is 38.5 Å². The minimum Gasteiger partial charge on any atom is -0.462 e. The van der Waals surface area contributed by atoms with Crippen molar-refractivity contribution < 1.29 is 14.6 Å². The SMILES string of the molecule is CC(C)=CCC[C@@H]1C(=O)O[C@H]2C[C@]3(C)C4=CC[C@@H]5C(C)(C)[C@H](O)CC[C@]5(C)[C@H]4CC[C@@]3(C)[C@H]21. The van der Waals surface area contributed by atoms with Crippen molar-refractivity contribution in [3.05, 3.63) is 23.3 Å². The number of hydrogen-bond donors (Lipinski definition) is 1. The number of allylic oxidation sites excluding steroid dienone is 4. The van der Waals surface area contributed by atoms with Crippen molar-refractivity contribution >= 4 is 5.97 Å². The monoisotopic (exact) mass is 454 g/mol. The molecule has 0 bridgehead atoms. The van der Waals surface area contributed by atoms with Crippen LogP contribution in [0.3, 0.4) is 0 Å². The number of aliphatic hydroxyl groups excluding tert-OH is 1. The third-order valence-corrected chi connectivity index (χ3v) is 11.9. The summed E-state index contributed by atoms with van der Waals surface area (Å²) in [5.41, 5.74) is 3.46. The first-order chi connectivity index (χ1) is 15.4. The second-order valence-electron chi connectivity index (χ2n) is 13.8. The summed E-state index contributed by atoms with van der Waals surface area (Å²) in [5.74, 6) is 1.58. The zero-order valence-electron chi connectivity index (χ0n) is 22.0. The predicted molar refractivity (Wildman–Crippen MR) is 132 cm³/mol. The Labute approximate surface area is 201 Å². The minimum atomic E-state index is -0.193. The molecule has 0 aromatic carbocycles. The van der Waals surface area contributed by atoms with Gasteiger partial charge in [-0.05, 0) is 98.7 Å². The van der Waals surface area contributed by atoms with Crippen molar-refractivity contribution in [2.75, 3.05) is 0 Å². The molecule has 1 saturated heterocycles. The van der Waals surface area contributed by atoms with Crippen LogP contribution in [0, 0.1) is 45.3 Å². The molecule has 184 valence electrons. The number of ether oxygens (including phenoxy) is 1. The summed E-state index contributed by atoms with van der Waals surface area (Å²) in [7, 11) is 0. The van der Waals surface area contributed by atoms with Gasteiger partial charge in [-0.1, -0.05) is 57.9 Å². The summed E-state index contributed by atoms with van der Waals surface area (Å²) in [5, 5.41) is 10.8. The Morgan fingerprint density at radius 1 is 1.15 bits per heavy atom. The molecule has 1 heterocycles. The maximum atomic E-state index is 12.9. The molecule has 9 atom stereocenters. The molecule has 3 heteroatoms. The molecular weight excluding hydrogens is 408 g/mol. The van der Waals surface area contributed by atoms with Gasteiger partial charge in [0.2, 0.25) is 0 Å². The lowest BCUT2D eigenvalue weighted by atomic mass is 9.41. The lowest BCUT2D eigenvalue weighted by Gasteiger charge is -2.64. The van der Waals surface area contributed by atoms with Crippen LogP contribution in [0.2, 0.25) is 0 Å².